The van der Waals surface area contributed by atoms with Crippen molar-refractivity contribution in [3.05, 3.63) is 63.9 Å². The quantitative estimate of drug-likeness (QED) is 0.660. The molecule has 28 heavy (non-hydrogen) atoms. The summed E-state index contributed by atoms with van der Waals surface area (Å²) in [5.41, 5.74) is 0.856. The van der Waals surface area contributed by atoms with Gasteiger partial charge in [0.1, 0.15) is 5.82 Å². The van der Waals surface area contributed by atoms with Crippen LogP contribution in [0.4, 0.5) is 10.1 Å². The third kappa shape index (κ3) is 3.66. The van der Waals surface area contributed by atoms with Gasteiger partial charge in [0.2, 0.25) is 5.91 Å². The molecule has 0 radical (unpaired) electrons. The van der Waals surface area contributed by atoms with Gasteiger partial charge in [-0.2, -0.15) is 0 Å². The summed E-state index contributed by atoms with van der Waals surface area (Å²) in [6.07, 6.45) is 5.14. The van der Waals surface area contributed by atoms with Crippen molar-refractivity contribution < 1.29 is 9.18 Å². The van der Waals surface area contributed by atoms with E-state index in [4.69, 9.17) is 23.2 Å². The Labute approximate surface area is 174 Å². The maximum absolute atomic E-state index is 14.8. The van der Waals surface area contributed by atoms with Gasteiger partial charge in [-0.1, -0.05) is 60.7 Å². The summed E-state index contributed by atoms with van der Waals surface area (Å²) in [4.78, 5) is 13.4. The summed E-state index contributed by atoms with van der Waals surface area (Å²) >= 11 is 12.1. The molecule has 148 valence electrons. The lowest BCUT2D eigenvalue weighted by Crippen LogP contribution is -2.50. The highest BCUT2D eigenvalue weighted by atomic mass is 35.5. The van der Waals surface area contributed by atoms with E-state index in [-0.39, 0.29) is 28.3 Å². The van der Waals surface area contributed by atoms with Crippen LogP contribution < -0.4 is 10.6 Å². The molecule has 1 spiro atoms. The highest BCUT2D eigenvalue weighted by Crippen LogP contribution is 2.47. The molecule has 2 aliphatic rings. The molecule has 2 fully saturated rings. The summed E-state index contributed by atoms with van der Waals surface area (Å²) in [7, 11) is 0. The van der Waals surface area contributed by atoms with Crippen molar-refractivity contribution in [1.29, 1.82) is 0 Å². The van der Waals surface area contributed by atoms with Gasteiger partial charge in [-0.05, 0) is 42.7 Å². The molecule has 1 amide bonds. The largest absolute Gasteiger partial charge is 0.326 e. The summed E-state index contributed by atoms with van der Waals surface area (Å²) < 4.78 is 14.8. The van der Waals surface area contributed by atoms with Crippen LogP contribution in [-0.2, 0) is 4.79 Å². The van der Waals surface area contributed by atoms with Crippen LogP contribution >= 0.6 is 23.2 Å². The van der Waals surface area contributed by atoms with Crippen LogP contribution in [0.1, 0.15) is 43.6 Å². The molecule has 6 heteroatoms. The Balaban J connectivity index is 1.70. The van der Waals surface area contributed by atoms with E-state index >= 15 is 0 Å². The minimum absolute atomic E-state index is 0.0936. The van der Waals surface area contributed by atoms with Gasteiger partial charge in [0.25, 0.3) is 0 Å². The zero-order valence-corrected chi connectivity index (χ0v) is 17.0. The fourth-order valence-electron chi connectivity index (χ4n) is 4.91. The predicted molar refractivity (Wildman–Crippen MR) is 112 cm³/mol. The van der Waals surface area contributed by atoms with Gasteiger partial charge in [0.05, 0.1) is 10.9 Å². The SMILES string of the molecule is O=C(Nc1cccc(Cl)c1)[C@H]1C(c2cccc(Cl)c2F)CNC12CCCCC2. The van der Waals surface area contributed by atoms with Gasteiger partial charge in [-0.3, -0.25) is 4.79 Å². The van der Waals surface area contributed by atoms with Gasteiger partial charge < -0.3 is 10.6 Å². The Hall–Kier alpha value is -1.62. The summed E-state index contributed by atoms with van der Waals surface area (Å²) in [5.74, 6) is -1.17. The number of anilines is 1. The van der Waals surface area contributed by atoms with Gasteiger partial charge in [-0.15, -0.1) is 0 Å². The third-order valence-electron chi connectivity index (χ3n) is 6.17. The third-order valence-corrected chi connectivity index (χ3v) is 6.70. The van der Waals surface area contributed by atoms with Crippen molar-refractivity contribution in [2.24, 2.45) is 5.92 Å². The number of hydrogen-bond acceptors (Lipinski definition) is 2. The van der Waals surface area contributed by atoms with Gasteiger partial charge in [0, 0.05) is 28.7 Å². The van der Waals surface area contributed by atoms with Crippen molar-refractivity contribution >= 4 is 34.8 Å². The maximum atomic E-state index is 14.8. The van der Waals surface area contributed by atoms with Crippen LogP contribution in [0, 0.1) is 11.7 Å². The van der Waals surface area contributed by atoms with Crippen LogP contribution in [-0.4, -0.2) is 18.0 Å². The van der Waals surface area contributed by atoms with E-state index in [2.05, 4.69) is 10.6 Å². The second-order valence-corrected chi connectivity index (χ2v) is 8.67. The Kier molecular flexibility index (Phi) is 5.64. The number of nitrogens with one attached hydrogen (secondary N) is 2. The first kappa shape index (κ1) is 19.7. The number of benzene rings is 2. The smallest absolute Gasteiger partial charge is 0.230 e. The number of rotatable bonds is 3. The molecule has 2 atom stereocenters. The average molecular weight is 421 g/mol. The van der Waals surface area contributed by atoms with Crippen molar-refractivity contribution in [1.82, 2.24) is 5.32 Å². The molecule has 1 heterocycles. The molecule has 1 unspecified atom stereocenters. The average Bonchev–Trinajstić information content (AvgIpc) is 3.03. The van der Waals surface area contributed by atoms with Crippen molar-refractivity contribution in [3.8, 4) is 0 Å². The first-order chi connectivity index (χ1) is 13.5. The van der Waals surface area contributed by atoms with Crippen LogP contribution in [0.5, 0.6) is 0 Å². The molecular weight excluding hydrogens is 398 g/mol. The fourth-order valence-corrected chi connectivity index (χ4v) is 5.29. The number of halogens is 3. The minimum Gasteiger partial charge on any atom is -0.326 e. The Bertz CT molecular complexity index is 883. The molecular formula is C22H23Cl2FN2O. The fraction of sp³-hybridized carbons (Fsp3) is 0.409. The number of amides is 1. The lowest BCUT2D eigenvalue weighted by atomic mass is 9.69. The van der Waals surface area contributed by atoms with Crippen molar-refractivity contribution in [3.63, 3.8) is 0 Å². The van der Waals surface area contributed by atoms with E-state index in [9.17, 15) is 9.18 Å². The Morgan fingerprint density at radius 1 is 1.11 bits per heavy atom. The van der Waals surface area contributed by atoms with E-state index in [0.29, 0.717) is 22.8 Å². The predicted octanol–water partition coefficient (Wildman–Crippen LogP) is 5.78. The van der Waals surface area contributed by atoms with Crippen LogP contribution in [0.3, 0.4) is 0 Å². The lowest BCUT2D eigenvalue weighted by molar-refractivity contribution is -0.122. The first-order valence-electron chi connectivity index (χ1n) is 9.75. The van der Waals surface area contributed by atoms with E-state index in [1.54, 1.807) is 36.4 Å². The summed E-state index contributed by atoms with van der Waals surface area (Å²) in [5, 5.41) is 7.27. The highest BCUT2D eigenvalue weighted by Gasteiger charge is 2.53. The summed E-state index contributed by atoms with van der Waals surface area (Å²) in [6, 6.07) is 12.1. The number of carbonyl (C=O) groups excluding carboxylic acids is 1. The van der Waals surface area contributed by atoms with Crippen LogP contribution in [0.25, 0.3) is 0 Å². The van der Waals surface area contributed by atoms with E-state index in [0.717, 1.165) is 25.7 Å². The zero-order valence-electron chi connectivity index (χ0n) is 15.5. The normalized spacial score (nSPS) is 23.7. The van der Waals surface area contributed by atoms with Gasteiger partial charge in [0.15, 0.2) is 0 Å². The molecule has 2 N–H and O–H groups in total. The van der Waals surface area contributed by atoms with E-state index in [1.807, 2.05) is 6.07 Å². The molecule has 1 saturated carbocycles. The minimum atomic E-state index is -0.426. The molecule has 1 aliphatic heterocycles. The number of hydrogen-bond donors (Lipinski definition) is 2. The Morgan fingerprint density at radius 3 is 2.61 bits per heavy atom. The monoisotopic (exact) mass is 420 g/mol. The zero-order chi connectivity index (χ0) is 19.7. The van der Waals surface area contributed by atoms with Crippen LogP contribution in [0.15, 0.2) is 42.5 Å². The molecule has 0 bridgehead atoms. The van der Waals surface area contributed by atoms with E-state index < -0.39 is 5.82 Å². The van der Waals surface area contributed by atoms with E-state index in [1.165, 1.54) is 6.42 Å². The van der Waals surface area contributed by atoms with Gasteiger partial charge >= 0.3 is 0 Å². The first-order valence-corrected chi connectivity index (χ1v) is 10.5. The molecule has 3 nitrogen and oxygen atoms in total. The molecule has 2 aromatic rings. The number of carbonyl (C=O) groups is 1. The lowest BCUT2D eigenvalue weighted by Gasteiger charge is -2.39. The molecule has 4 rings (SSSR count). The van der Waals surface area contributed by atoms with Crippen molar-refractivity contribution in [2.45, 2.75) is 43.6 Å². The topological polar surface area (TPSA) is 41.1 Å². The second kappa shape index (κ2) is 8.02. The molecule has 2 aromatic carbocycles. The molecule has 1 aliphatic carbocycles. The maximum Gasteiger partial charge on any atom is 0.230 e. The van der Waals surface area contributed by atoms with Crippen molar-refractivity contribution in [2.75, 3.05) is 11.9 Å². The summed E-state index contributed by atoms with van der Waals surface area (Å²) in [6.45, 7) is 0.560. The standard InChI is InChI=1S/C22H23Cl2FN2O/c23-14-6-4-7-15(12-14)27-21(28)19-17(16-8-5-9-18(24)20(16)25)13-26-22(19)10-2-1-3-11-22/h4-9,12,17,19,26H,1-3,10-11,13H2,(H,27,28)/t17?,19-/m1/s1. The molecule has 1 saturated heterocycles. The van der Waals surface area contributed by atoms with Gasteiger partial charge in [-0.25, -0.2) is 4.39 Å². The second-order valence-electron chi connectivity index (χ2n) is 7.82. The Morgan fingerprint density at radius 2 is 1.86 bits per heavy atom. The molecule has 0 aromatic heterocycles. The van der Waals surface area contributed by atoms with Crippen LogP contribution in [0.2, 0.25) is 10.0 Å². The highest BCUT2D eigenvalue weighted by molar-refractivity contribution is 6.31.